The van der Waals surface area contributed by atoms with Crippen LogP contribution in [-0.2, 0) is 13.9 Å². The number of rotatable bonds is 10. The predicted molar refractivity (Wildman–Crippen MR) is 133 cm³/mol. The Labute approximate surface area is 198 Å². The molecule has 2 atom stereocenters. The Morgan fingerprint density at radius 2 is 1.61 bits per heavy atom. The summed E-state index contributed by atoms with van der Waals surface area (Å²) in [6.07, 6.45) is 0.389. The Balaban J connectivity index is 1.87. The first-order chi connectivity index (χ1) is 15.8. The van der Waals surface area contributed by atoms with E-state index >= 15 is 0 Å². The summed E-state index contributed by atoms with van der Waals surface area (Å²) in [7, 11) is -1.05. The third-order valence-corrected chi connectivity index (χ3v) is 11.4. The molecule has 1 saturated heterocycles. The van der Waals surface area contributed by atoms with E-state index < -0.39 is 14.4 Å². The molecule has 1 fully saturated rings. The average Bonchev–Trinajstić information content (AvgIpc) is 3.21. The number of amides is 1. The van der Waals surface area contributed by atoms with Crippen LogP contribution in [0, 0.1) is 0 Å². The van der Waals surface area contributed by atoms with Crippen molar-refractivity contribution in [2.45, 2.75) is 50.8 Å². The minimum atomic E-state index is -2.72. The van der Waals surface area contributed by atoms with E-state index in [1.807, 2.05) is 12.1 Å². The summed E-state index contributed by atoms with van der Waals surface area (Å²) < 4.78 is 18.0. The van der Waals surface area contributed by atoms with Crippen LogP contribution in [-0.4, -0.2) is 70.0 Å². The van der Waals surface area contributed by atoms with E-state index in [0.717, 1.165) is 6.42 Å². The number of likely N-dealkylation sites (tertiary alicyclic amines) is 1. The van der Waals surface area contributed by atoms with E-state index in [9.17, 15) is 9.90 Å². The molecule has 1 amide bonds. The molecule has 2 aromatic carbocycles. The van der Waals surface area contributed by atoms with Crippen LogP contribution in [0.3, 0.4) is 0 Å². The second kappa shape index (κ2) is 11.3. The fourth-order valence-electron chi connectivity index (χ4n) is 4.82. The first kappa shape index (κ1) is 25.4. The molecule has 0 saturated carbocycles. The minimum absolute atomic E-state index is 0.120. The highest BCUT2D eigenvalue weighted by Crippen LogP contribution is 2.37. The summed E-state index contributed by atoms with van der Waals surface area (Å²) in [6, 6.07) is 20.6. The van der Waals surface area contributed by atoms with Crippen molar-refractivity contribution in [2.24, 2.45) is 0 Å². The number of carboxylic acid groups (broad SMARTS) is 1. The van der Waals surface area contributed by atoms with Crippen LogP contribution in [0.25, 0.3) is 0 Å². The molecule has 1 heterocycles. The lowest BCUT2D eigenvalue weighted by atomic mass is 10.2. The van der Waals surface area contributed by atoms with Crippen LogP contribution in [0.15, 0.2) is 60.7 Å². The SMILES string of the molecule is COCCCOC1CC(CO[Si](c2ccccc2)(c2ccccc2)C(C)(C)C)N(C(=O)O)C1. The lowest BCUT2D eigenvalue weighted by molar-refractivity contribution is 0.0447. The minimum Gasteiger partial charge on any atom is -0.465 e. The molecule has 2 unspecified atom stereocenters. The molecule has 2 aromatic rings. The van der Waals surface area contributed by atoms with Crippen molar-refractivity contribution in [2.75, 3.05) is 33.5 Å². The van der Waals surface area contributed by atoms with E-state index in [0.29, 0.717) is 32.8 Å². The molecular weight excluding hydrogens is 434 g/mol. The van der Waals surface area contributed by atoms with Gasteiger partial charge in [0.25, 0.3) is 8.32 Å². The molecule has 6 nitrogen and oxygen atoms in total. The third kappa shape index (κ3) is 5.84. The van der Waals surface area contributed by atoms with Crippen molar-refractivity contribution in [1.82, 2.24) is 4.90 Å². The molecular formula is C26H37NO5Si. The number of ether oxygens (including phenoxy) is 2. The Morgan fingerprint density at radius 1 is 1.03 bits per heavy atom. The van der Waals surface area contributed by atoms with Crippen LogP contribution < -0.4 is 10.4 Å². The molecule has 33 heavy (non-hydrogen) atoms. The van der Waals surface area contributed by atoms with Crippen molar-refractivity contribution < 1.29 is 23.8 Å². The van der Waals surface area contributed by atoms with Gasteiger partial charge in [-0.3, -0.25) is 0 Å². The van der Waals surface area contributed by atoms with E-state index in [-0.39, 0.29) is 17.2 Å². The summed E-state index contributed by atoms with van der Waals surface area (Å²) >= 11 is 0. The second-order valence-electron chi connectivity index (χ2n) is 9.64. The summed E-state index contributed by atoms with van der Waals surface area (Å²) in [6.45, 7) is 8.60. The lowest BCUT2D eigenvalue weighted by Crippen LogP contribution is -2.67. The molecule has 7 heteroatoms. The molecule has 0 spiro atoms. The average molecular weight is 472 g/mol. The first-order valence-corrected chi connectivity index (χ1v) is 13.6. The van der Waals surface area contributed by atoms with Gasteiger partial charge in [-0.05, 0) is 28.3 Å². The molecule has 1 aliphatic rings. The maximum Gasteiger partial charge on any atom is 0.407 e. The van der Waals surface area contributed by atoms with Gasteiger partial charge in [-0.15, -0.1) is 0 Å². The predicted octanol–water partition coefficient (Wildman–Crippen LogP) is 3.74. The van der Waals surface area contributed by atoms with Crippen molar-refractivity contribution in [3.8, 4) is 0 Å². The largest absolute Gasteiger partial charge is 0.465 e. The normalized spacial score (nSPS) is 19.1. The number of benzene rings is 2. The van der Waals surface area contributed by atoms with E-state index in [4.69, 9.17) is 13.9 Å². The quantitative estimate of drug-likeness (QED) is 0.422. The molecule has 1 aliphatic heterocycles. The van der Waals surface area contributed by atoms with Gasteiger partial charge in [0.2, 0.25) is 0 Å². The highest BCUT2D eigenvalue weighted by molar-refractivity contribution is 6.99. The fraction of sp³-hybridized carbons (Fsp3) is 0.500. The summed E-state index contributed by atoms with van der Waals surface area (Å²) in [5.41, 5.74) is 0. The zero-order valence-corrected chi connectivity index (χ0v) is 21.2. The monoisotopic (exact) mass is 471 g/mol. The molecule has 0 aromatic heterocycles. The van der Waals surface area contributed by atoms with Gasteiger partial charge in [0, 0.05) is 20.3 Å². The topological polar surface area (TPSA) is 68.2 Å². The zero-order valence-electron chi connectivity index (χ0n) is 20.2. The second-order valence-corrected chi connectivity index (χ2v) is 13.9. The highest BCUT2D eigenvalue weighted by Gasteiger charge is 2.51. The third-order valence-electron chi connectivity index (χ3n) is 6.38. The number of hydrogen-bond acceptors (Lipinski definition) is 4. The number of nitrogens with zero attached hydrogens (tertiary/aromatic N) is 1. The van der Waals surface area contributed by atoms with E-state index in [2.05, 4.69) is 69.3 Å². The van der Waals surface area contributed by atoms with Crippen molar-refractivity contribution in [1.29, 1.82) is 0 Å². The van der Waals surface area contributed by atoms with Gasteiger partial charge in [0.1, 0.15) is 0 Å². The van der Waals surface area contributed by atoms with Crippen molar-refractivity contribution in [3.63, 3.8) is 0 Å². The Kier molecular flexibility index (Phi) is 8.70. The van der Waals surface area contributed by atoms with Gasteiger partial charge in [0.05, 0.1) is 25.3 Å². The van der Waals surface area contributed by atoms with Gasteiger partial charge >= 0.3 is 6.09 Å². The molecule has 180 valence electrons. The van der Waals surface area contributed by atoms with Gasteiger partial charge in [-0.2, -0.15) is 0 Å². The Bertz CT molecular complexity index is 832. The smallest absolute Gasteiger partial charge is 0.407 e. The zero-order chi connectivity index (χ0) is 23.9. The van der Waals surface area contributed by atoms with Crippen LogP contribution in [0.4, 0.5) is 4.79 Å². The molecule has 1 N–H and O–H groups in total. The van der Waals surface area contributed by atoms with Gasteiger partial charge in [-0.25, -0.2) is 4.79 Å². The Morgan fingerprint density at radius 3 is 2.09 bits per heavy atom. The number of methoxy groups -OCH3 is 1. The summed E-state index contributed by atoms with van der Waals surface area (Å²) in [4.78, 5) is 13.5. The van der Waals surface area contributed by atoms with Gasteiger partial charge < -0.3 is 23.9 Å². The number of hydrogen-bond donors (Lipinski definition) is 1. The first-order valence-electron chi connectivity index (χ1n) is 11.6. The maximum atomic E-state index is 12.0. The summed E-state index contributed by atoms with van der Waals surface area (Å²) in [5.74, 6) is 0. The summed E-state index contributed by atoms with van der Waals surface area (Å²) in [5, 5.41) is 12.1. The van der Waals surface area contributed by atoms with Crippen LogP contribution in [0.1, 0.15) is 33.6 Å². The molecule has 0 aliphatic carbocycles. The molecule has 0 radical (unpaired) electrons. The molecule has 0 bridgehead atoms. The van der Waals surface area contributed by atoms with Gasteiger partial charge in [-0.1, -0.05) is 81.4 Å². The lowest BCUT2D eigenvalue weighted by Gasteiger charge is -2.43. The molecule has 3 rings (SSSR count). The van der Waals surface area contributed by atoms with Crippen molar-refractivity contribution >= 4 is 24.8 Å². The van der Waals surface area contributed by atoms with Crippen LogP contribution in [0.2, 0.25) is 5.04 Å². The fourth-order valence-corrected chi connectivity index (χ4v) is 9.42. The van der Waals surface area contributed by atoms with Gasteiger partial charge in [0.15, 0.2) is 0 Å². The van der Waals surface area contributed by atoms with Crippen LogP contribution >= 0.6 is 0 Å². The highest BCUT2D eigenvalue weighted by atomic mass is 28.4. The standard InChI is InChI=1S/C26H37NO5Si/c1-26(2,3)33(23-12-7-5-8-13-23,24-14-9-6-10-15-24)32-20-21-18-22(19-27(21)25(28)29)31-17-11-16-30-4/h5-10,12-15,21-22H,11,16-20H2,1-4H3,(H,28,29). The van der Waals surface area contributed by atoms with Crippen molar-refractivity contribution in [3.05, 3.63) is 60.7 Å². The maximum absolute atomic E-state index is 12.0. The Hall–Kier alpha value is -2.19. The van der Waals surface area contributed by atoms with E-state index in [1.54, 1.807) is 7.11 Å². The number of carbonyl (C=O) groups is 1. The van der Waals surface area contributed by atoms with Crippen LogP contribution in [0.5, 0.6) is 0 Å². The van der Waals surface area contributed by atoms with E-state index in [1.165, 1.54) is 15.3 Å².